The Hall–Kier alpha value is -2.01. The van der Waals surface area contributed by atoms with Crippen LogP contribution in [-0.4, -0.2) is 29.3 Å². The highest BCUT2D eigenvalue weighted by Crippen LogP contribution is 2.25. The third kappa shape index (κ3) is 1.51. The lowest BCUT2D eigenvalue weighted by Crippen LogP contribution is -2.32. The molecule has 16 heavy (non-hydrogen) atoms. The molecule has 0 spiro atoms. The van der Waals surface area contributed by atoms with Gasteiger partial charge in [0.05, 0.1) is 17.7 Å². The lowest BCUT2D eigenvalue weighted by atomic mass is 10.2. The van der Waals surface area contributed by atoms with Crippen molar-refractivity contribution in [3.05, 3.63) is 29.8 Å². The number of hydrogen-bond acceptors (Lipinski definition) is 4. The second-order valence-corrected chi connectivity index (χ2v) is 3.41. The molecule has 1 atom stereocenters. The molecule has 0 saturated carbocycles. The summed E-state index contributed by atoms with van der Waals surface area (Å²) < 4.78 is 0. The van der Waals surface area contributed by atoms with E-state index in [1.807, 2.05) is 0 Å². The lowest BCUT2D eigenvalue weighted by molar-refractivity contribution is -0.124. The van der Waals surface area contributed by atoms with E-state index in [-0.39, 0.29) is 17.7 Å². The van der Waals surface area contributed by atoms with Crippen molar-refractivity contribution < 1.29 is 19.5 Å². The van der Waals surface area contributed by atoms with Crippen molar-refractivity contribution in [2.24, 2.45) is 0 Å². The monoisotopic (exact) mass is 218 g/mol. The van der Waals surface area contributed by atoms with Crippen LogP contribution in [0.5, 0.6) is 0 Å². The number of carbonyl (C=O) groups excluding carboxylic acids is 3. The van der Waals surface area contributed by atoms with Crippen LogP contribution in [0.4, 0.5) is 5.69 Å². The van der Waals surface area contributed by atoms with Gasteiger partial charge in [-0.3, -0.25) is 14.4 Å². The Morgan fingerprint density at radius 3 is 2.56 bits per heavy atom. The molecule has 1 aliphatic heterocycles. The van der Waals surface area contributed by atoms with Gasteiger partial charge in [0.25, 0.3) is 5.91 Å². The minimum absolute atomic E-state index is 0.123. The molecule has 1 saturated heterocycles. The summed E-state index contributed by atoms with van der Waals surface area (Å²) in [6.45, 7) is 0. The first-order valence-corrected chi connectivity index (χ1v) is 4.67. The quantitative estimate of drug-likeness (QED) is 0.696. The first kappa shape index (κ1) is 10.5. The van der Waals surface area contributed by atoms with E-state index in [2.05, 4.69) is 0 Å². The van der Waals surface area contributed by atoms with Gasteiger partial charge in [0.1, 0.15) is 6.10 Å². The number of benzene rings is 1. The molecule has 5 nitrogen and oxygen atoms in total. The molecule has 1 fully saturated rings. The predicted octanol–water partition coefficient (Wildman–Crippen LogP) is -0.231. The third-order valence-corrected chi connectivity index (χ3v) is 2.38. The number of amides is 2. The fraction of sp³-hybridized carbons (Fsp3) is 0.182. The van der Waals surface area contributed by atoms with Crippen LogP contribution in [-0.2, 0) is 14.4 Å². The maximum Gasteiger partial charge on any atom is 0.263 e. The fourth-order valence-corrected chi connectivity index (χ4v) is 1.62. The molecule has 2 rings (SSSR count). The highest BCUT2D eigenvalue weighted by atomic mass is 16.3. The van der Waals surface area contributed by atoms with Gasteiger partial charge in [0.2, 0.25) is 12.2 Å². The maximum atomic E-state index is 11.5. The number of anilines is 1. The number of rotatable bonds is 2. The van der Waals surface area contributed by atoms with Gasteiger partial charge in [-0.25, -0.2) is 4.90 Å². The van der Waals surface area contributed by atoms with Crippen molar-refractivity contribution in [2.75, 3.05) is 4.90 Å². The van der Waals surface area contributed by atoms with Crippen molar-refractivity contribution in [3.8, 4) is 0 Å². The summed E-state index contributed by atoms with van der Waals surface area (Å²) in [5.74, 6) is -1.21. The average Bonchev–Trinajstić information content (AvgIpc) is 2.53. The molecule has 5 heteroatoms. The topological polar surface area (TPSA) is 74.7 Å². The molecule has 81 valence electrons. The Balaban J connectivity index is 2.48. The average molecular weight is 218 g/mol. The highest BCUT2D eigenvalue weighted by Gasteiger charge is 2.39. The minimum Gasteiger partial charge on any atom is -0.383 e. The summed E-state index contributed by atoms with van der Waals surface area (Å²) in [4.78, 5) is 34.5. The zero-order valence-electron chi connectivity index (χ0n) is 8.21. The van der Waals surface area contributed by atoms with Crippen molar-refractivity contribution in [3.63, 3.8) is 0 Å². The van der Waals surface area contributed by atoms with E-state index in [1.54, 1.807) is 18.4 Å². The van der Waals surface area contributed by atoms with E-state index in [9.17, 15) is 19.5 Å². The Morgan fingerprint density at radius 1 is 1.31 bits per heavy atom. The van der Waals surface area contributed by atoms with Crippen LogP contribution >= 0.6 is 0 Å². The van der Waals surface area contributed by atoms with E-state index >= 15 is 0 Å². The minimum atomic E-state index is -1.31. The standard InChI is InChI=1S/C11H8NO4/c13-6-7-3-1-2-4-8(7)12-10(15)5-9(14)11(12)16/h1-4,9,14H,5H2. The molecule has 1 heterocycles. The van der Waals surface area contributed by atoms with E-state index in [0.29, 0.717) is 0 Å². The van der Waals surface area contributed by atoms with Crippen LogP contribution in [0.25, 0.3) is 0 Å². The second kappa shape index (κ2) is 3.86. The first-order valence-electron chi connectivity index (χ1n) is 4.67. The number of para-hydroxylation sites is 1. The fourth-order valence-electron chi connectivity index (χ4n) is 1.62. The van der Waals surface area contributed by atoms with Crippen molar-refractivity contribution in [1.82, 2.24) is 0 Å². The first-order chi connectivity index (χ1) is 7.65. The van der Waals surface area contributed by atoms with Crippen LogP contribution < -0.4 is 4.90 Å². The van der Waals surface area contributed by atoms with E-state index < -0.39 is 17.9 Å². The van der Waals surface area contributed by atoms with Crippen LogP contribution in [0, 0.1) is 0 Å². The predicted molar refractivity (Wildman–Crippen MR) is 54.4 cm³/mol. The number of hydrogen-bond donors (Lipinski definition) is 1. The van der Waals surface area contributed by atoms with Gasteiger partial charge >= 0.3 is 0 Å². The Kier molecular flexibility index (Phi) is 2.54. The van der Waals surface area contributed by atoms with Gasteiger partial charge in [-0.2, -0.15) is 0 Å². The Morgan fingerprint density at radius 2 is 2.00 bits per heavy atom. The number of nitrogens with zero attached hydrogens (tertiary/aromatic N) is 1. The van der Waals surface area contributed by atoms with E-state index in [0.717, 1.165) is 4.90 Å². The van der Waals surface area contributed by atoms with Crippen molar-refractivity contribution in [1.29, 1.82) is 0 Å². The van der Waals surface area contributed by atoms with Gasteiger partial charge in [-0.1, -0.05) is 12.1 Å². The molecule has 2 amide bonds. The van der Waals surface area contributed by atoms with Crippen LogP contribution in [0.1, 0.15) is 12.0 Å². The Labute approximate surface area is 91.3 Å². The van der Waals surface area contributed by atoms with Gasteiger partial charge < -0.3 is 5.11 Å². The molecule has 1 unspecified atom stereocenters. The SMILES string of the molecule is O=[C]c1ccccc1N1C(=O)CC(O)C1=O. The van der Waals surface area contributed by atoms with Gasteiger partial charge in [0, 0.05) is 0 Å². The zero-order chi connectivity index (χ0) is 11.7. The van der Waals surface area contributed by atoms with Gasteiger partial charge in [-0.15, -0.1) is 0 Å². The molecule has 1 radical (unpaired) electrons. The van der Waals surface area contributed by atoms with Crippen molar-refractivity contribution >= 4 is 23.8 Å². The smallest absolute Gasteiger partial charge is 0.263 e. The van der Waals surface area contributed by atoms with Crippen LogP contribution in [0.2, 0.25) is 0 Å². The summed E-state index contributed by atoms with van der Waals surface area (Å²) in [6.07, 6.45) is 0.0939. The number of aliphatic hydroxyl groups is 1. The Bertz CT molecular complexity index is 469. The second-order valence-electron chi connectivity index (χ2n) is 3.41. The zero-order valence-corrected chi connectivity index (χ0v) is 8.21. The molecular weight excluding hydrogens is 210 g/mol. The summed E-state index contributed by atoms with van der Waals surface area (Å²) in [5, 5.41) is 9.25. The number of aliphatic hydroxyl groups excluding tert-OH is 1. The van der Waals surface area contributed by atoms with E-state index in [1.165, 1.54) is 12.1 Å². The maximum absolute atomic E-state index is 11.5. The third-order valence-electron chi connectivity index (χ3n) is 2.38. The highest BCUT2D eigenvalue weighted by molar-refractivity contribution is 6.23. The van der Waals surface area contributed by atoms with Crippen LogP contribution in [0.15, 0.2) is 24.3 Å². The molecule has 1 aromatic carbocycles. The molecule has 0 aromatic heterocycles. The summed E-state index contributed by atoms with van der Waals surface area (Å²) in [5.41, 5.74) is 0.294. The molecule has 1 N–H and O–H groups in total. The molecule has 1 aliphatic rings. The molecule has 0 aliphatic carbocycles. The molecule has 1 aromatic rings. The largest absolute Gasteiger partial charge is 0.383 e. The molecular formula is C11H8NO4. The van der Waals surface area contributed by atoms with Crippen molar-refractivity contribution in [2.45, 2.75) is 12.5 Å². The van der Waals surface area contributed by atoms with Gasteiger partial charge in [-0.05, 0) is 12.1 Å². The number of imide groups is 1. The lowest BCUT2D eigenvalue weighted by Gasteiger charge is -2.15. The summed E-state index contributed by atoms with van der Waals surface area (Å²) in [7, 11) is 0. The van der Waals surface area contributed by atoms with Crippen LogP contribution in [0.3, 0.4) is 0 Å². The summed E-state index contributed by atoms with van der Waals surface area (Å²) in [6, 6.07) is 6.12. The summed E-state index contributed by atoms with van der Waals surface area (Å²) >= 11 is 0. The van der Waals surface area contributed by atoms with E-state index in [4.69, 9.17) is 0 Å². The normalized spacial score (nSPS) is 20.3. The molecule has 0 bridgehead atoms. The number of carbonyl (C=O) groups is 2. The van der Waals surface area contributed by atoms with Gasteiger partial charge in [0.15, 0.2) is 0 Å².